The summed E-state index contributed by atoms with van der Waals surface area (Å²) in [5.41, 5.74) is 1.32. The van der Waals surface area contributed by atoms with E-state index in [9.17, 15) is 14.0 Å². The summed E-state index contributed by atoms with van der Waals surface area (Å²) < 4.78 is 18.1. The van der Waals surface area contributed by atoms with Gasteiger partial charge in [-0.05, 0) is 29.8 Å². The lowest BCUT2D eigenvalue weighted by molar-refractivity contribution is 0.0980. The van der Waals surface area contributed by atoms with Crippen molar-refractivity contribution in [2.75, 3.05) is 18.0 Å². The van der Waals surface area contributed by atoms with Crippen LogP contribution >= 0.6 is 0 Å². The van der Waals surface area contributed by atoms with Crippen LogP contribution in [0.15, 0.2) is 53.4 Å². The molecule has 3 aromatic rings. The molecule has 0 radical (unpaired) electrons. The summed E-state index contributed by atoms with van der Waals surface area (Å²) in [6, 6.07) is 9.11. The molecular weight excluding hydrogens is 377 g/mol. The number of rotatable bonds is 7. The van der Waals surface area contributed by atoms with Crippen LogP contribution in [0.4, 0.5) is 15.0 Å². The number of aromatic nitrogens is 3. The van der Waals surface area contributed by atoms with E-state index >= 15 is 0 Å². The molecule has 9 heteroatoms. The quantitative estimate of drug-likeness (QED) is 0.571. The number of urea groups is 1. The summed E-state index contributed by atoms with van der Waals surface area (Å²) in [7, 11) is 0. The van der Waals surface area contributed by atoms with Crippen LogP contribution in [0, 0.1) is 5.82 Å². The van der Waals surface area contributed by atoms with Crippen molar-refractivity contribution in [2.45, 2.75) is 19.4 Å². The Kier molecular flexibility index (Phi) is 5.28. The number of Topliss-reactive ketones (excluding diaryl/α,β-unsaturated/α-hetero) is 1. The monoisotopic (exact) mass is 395 g/mol. The fourth-order valence-electron chi connectivity index (χ4n) is 3.16. The van der Waals surface area contributed by atoms with Crippen LogP contribution in [-0.2, 0) is 13.0 Å². The average Bonchev–Trinajstić information content (AvgIpc) is 3.38. The third kappa shape index (κ3) is 4.29. The first-order chi connectivity index (χ1) is 14.1. The van der Waals surface area contributed by atoms with Gasteiger partial charge in [-0.1, -0.05) is 12.1 Å². The average molecular weight is 395 g/mol. The first-order valence-corrected chi connectivity index (χ1v) is 9.15. The largest absolute Gasteiger partial charge is 0.428 e. The SMILES string of the molecule is O=C(CCc1nnco1)c1ccnc(N2CCN(Cc3ccc(F)cc3)C2=O)c1. The third-order valence-electron chi connectivity index (χ3n) is 4.70. The molecule has 148 valence electrons. The van der Waals surface area contributed by atoms with Gasteiger partial charge in [0.1, 0.15) is 11.6 Å². The van der Waals surface area contributed by atoms with Crippen LogP contribution < -0.4 is 4.90 Å². The number of benzene rings is 1. The summed E-state index contributed by atoms with van der Waals surface area (Å²) in [6.45, 7) is 1.37. The Hall–Kier alpha value is -3.62. The predicted molar refractivity (Wildman–Crippen MR) is 101 cm³/mol. The molecule has 4 rings (SSSR count). The summed E-state index contributed by atoms with van der Waals surface area (Å²) in [6.07, 6.45) is 3.31. The number of carbonyl (C=O) groups excluding carboxylic acids is 2. The molecule has 8 nitrogen and oxygen atoms in total. The number of amides is 2. The van der Waals surface area contributed by atoms with E-state index in [2.05, 4.69) is 15.2 Å². The summed E-state index contributed by atoms with van der Waals surface area (Å²) in [5, 5.41) is 7.34. The van der Waals surface area contributed by atoms with Gasteiger partial charge in [-0.25, -0.2) is 14.2 Å². The summed E-state index contributed by atoms with van der Waals surface area (Å²) in [4.78, 5) is 32.7. The standard InChI is InChI=1S/C20H18FN5O3/c21-16-3-1-14(2-4-16)12-25-9-10-26(20(25)28)18-11-15(7-8-22-18)17(27)5-6-19-24-23-13-29-19/h1-4,7-8,11,13H,5-6,9-10,12H2. The Morgan fingerprint density at radius 1 is 1.17 bits per heavy atom. The van der Waals surface area contributed by atoms with Crippen LogP contribution in [0.1, 0.15) is 28.2 Å². The van der Waals surface area contributed by atoms with E-state index in [1.165, 1.54) is 29.6 Å². The van der Waals surface area contributed by atoms with Crippen molar-refractivity contribution in [3.8, 4) is 0 Å². The van der Waals surface area contributed by atoms with E-state index in [1.54, 1.807) is 29.2 Å². The highest BCUT2D eigenvalue weighted by Crippen LogP contribution is 2.21. The number of pyridine rings is 1. The van der Waals surface area contributed by atoms with Gasteiger partial charge in [0, 0.05) is 44.2 Å². The molecule has 1 fully saturated rings. The second-order valence-electron chi connectivity index (χ2n) is 6.64. The molecule has 0 aliphatic carbocycles. The molecule has 1 aliphatic heterocycles. The van der Waals surface area contributed by atoms with Crippen LogP contribution in [0.3, 0.4) is 0 Å². The van der Waals surface area contributed by atoms with E-state index in [4.69, 9.17) is 4.42 Å². The fourth-order valence-corrected chi connectivity index (χ4v) is 3.16. The Bertz CT molecular complexity index is 1010. The molecular formula is C20H18FN5O3. The van der Waals surface area contributed by atoms with Gasteiger partial charge in [-0.15, -0.1) is 10.2 Å². The highest BCUT2D eigenvalue weighted by Gasteiger charge is 2.30. The van der Waals surface area contributed by atoms with Gasteiger partial charge >= 0.3 is 6.03 Å². The van der Waals surface area contributed by atoms with Crippen molar-refractivity contribution in [3.63, 3.8) is 0 Å². The number of hydrogen-bond donors (Lipinski definition) is 0. The zero-order chi connectivity index (χ0) is 20.2. The fraction of sp³-hybridized carbons (Fsp3) is 0.250. The molecule has 0 N–H and O–H groups in total. The molecule has 1 aliphatic rings. The molecule has 1 saturated heterocycles. The molecule has 0 atom stereocenters. The molecule has 1 aromatic carbocycles. The number of hydrogen-bond acceptors (Lipinski definition) is 6. The van der Waals surface area contributed by atoms with E-state index in [1.807, 2.05) is 0 Å². The zero-order valence-electron chi connectivity index (χ0n) is 15.5. The Labute approximate surface area is 166 Å². The van der Waals surface area contributed by atoms with Crippen molar-refractivity contribution < 1.29 is 18.4 Å². The number of nitrogens with zero attached hydrogens (tertiary/aromatic N) is 5. The molecule has 29 heavy (non-hydrogen) atoms. The molecule has 0 saturated carbocycles. The van der Waals surface area contributed by atoms with E-state index in [0.29, 0.717) is 43.3 Å². The Balaban J connectivity index is 1.41. The van der Waals surface area contributed by atoms with Crippen molar-refractivity contribution >= 4 is 17.6 Å². The molecule has 0 spiro atoms. The van der Waals surface area contributed by atoms with Gasteiger partial charge in [0.05, 0.1) is 0 Å². The second-order valence-corrected chi connectivity index (χ2v) is 6.64. The minimum Gasteiger partial charge on any atom is -0.428 e. The van der Waals surface area contributed by atoms with Crippen molar-refractivity contribution in [1.29, 1.82) is 0 Å². The van der Waals surface area contributed by atoms with E-state index in [-0.39, 0.29) is 24.1 Å². The van der Waals surface area contributed by atoms with Crippen LogP contribution in [0.5, 0.6) is 0 Å². The number of anilines is 1. The van der Waals surface area contributed by atoms with Gasteiger partial charge < -0.3 is 9.32 Å². The number of halogens is 1. The molecule has 2 aromatic heterocycles. The number of carbonyl (C=O) groups is 2. The normalized spacial score (nSPS) is 13.9. The van der Waals surface area contributed by atoms with Crippen molar-refractivity contribution in [2.24, 2.45) is 0 Å². The smallest absolute Gasteiger partial charge is 0.326 e. The molecule has 0 bridgehead atoms. The van der Waals surface area contributed by atoms with E-state index < -0.39 is 0 Å². The highest BCUT2D eigenvalue weighted by molar-refractivity contribution is 5.98. The first kappa shape index (κ1) is 18.7. The lowest BCUT2D eigenvalue weighted by Gasteiger charge is -2.18. The van der Waals surface area contributed by atoms with Crippen LogP contribution in [0.2, 0.25) is 0 Å². The number of ketones is 1. The minimum absolute atomic E-state index is 0.0957. The lowest BCUT2D eigenvalue weighted by atomic mass is 10.1. The maximum absolute atomic E-state index is 13.1. The maximum Gasteiger partial charge on any atom is 0.326 e. The molecule has 3 heterocycles. The third-order valence-corrected chi connectivity index (χ3v) is 4.70. The van der Waals surface area contributed by atoms with Gasteiger partial charge in [0.15, 0.2) is 5.78 Å². The molecule has 2 amide bonds. The predicted octanol–water partition coefficient (Wildman–Crippen LogP) is 2.86. The second kappa shape index (κ2) is 8.17. The van der Waals surface area contributed by atoms with Gasteiger partial charge in [-0.3, -0.25) is 9.69 Å². The first-order valence-electron chi connectivity index (χ1n) is 9.15. The summed E-state index contributed by atoms with van der Waals surface area (Å²) in [5.74, 6) is 0.425. The summed E-state index contributed by atoms with van der Waals surface area (Å²) >= 11 is 0. The van der Waals surface area contributed by atoms with Crippen molar-refractivity contribution in [1.82, 2.24) is 20.1 Å². The van der Waals surface area contributed by atoms with E-state index in [0.717, 1.165) is 5.56 Å². The van der Waals surface area contributed by atoms with Crippen LogP contribution in [-0.4, -0.2) is 45.0 Å². The Morgan fingerprint density at radius 2 is 2.00 bits per heavy atom. The lowest BCUT2D eigenvalue weighted by Crippen LogP contribution is -2.32. The minimum atomic E-state index is -0.312. The van der Waals surface area contributed by atoms with Crippen molar-refractivity contribution in [3.05, 3.63) is 71.8 Å². The van der Waals surface area contributed by atoms with Gasteiger partial charge in [0.25, 0.3) is 0 Å². The Morgan fingerprint density at radius 3 is 2.76 bits per heavy atom. The topological polar surface area (TPSA) is 92.4 Å². The van der Waals surface area contributed by atoms with Crippen LogP contribution in [0.25, 0.3) is 0 Å². The van der Waals surface area contributed by atoms with Gasteiger partial charge in [0.2, 0.25) is 12.3 Å². The highest BCUT2D eigenvalue weighted by atomic mass is 19.1. The molecule has 0 unspecified atom stereocenters. The van der Waals surface area contributed by atoms with Gasteiger partial charge in [-0.2, -0.15) is 0 Å². The number of aryl methyl sites for hydroxylation is 1. The zero-order valence-corrected chi connectivity index (χ0v) is 15.5. The maximum atomic E-state index is 13.1.